The average molecular weight is 413 g/mol. The molecule has 4 nitrogen and oxygen atoms in total. The summed E-state index contributed by atoms with van der Waals surface area (Å²) < 4.78 is 11.1. The molecule has 0 saturated heterocycles. The van der Waals surface area contributed by atoms with Gasteiger partial charge in [0.15, 0.2) is 0 Å². The van der Waals surface area contributed by atoms with Gasteiger partial charge in [-0.2, -0.15) is 5.10 Å². The molecule has 0 N–H and O–H groups in total. The van der Waals surface area contributed by atoms with E-state index in [1.165, 1.54) is 5.56 Å². The van der Waals surface area contributed by atoms with Crippen LogP contribution in [0.4, 0.5) is 5.69 Å². The van der Waals surface area contributed by atoms with Crippen molar-refractivity contribution in [3.05, 3.63) is 96.1 Å². The Labute approximate surface area is 184 Å². The van der Waals surface area contributed by atoms with E-state index >= 15 is 0 Å². The summed E-state index contributed by atoms with van der Waals surface area (Å²) in [5, 5.41) is 7.06. The van der Waals surface area contributed by atoms with Gasteiger partial charge in [-0.25, -0.2) is 0 Å². The Kier molecular flexibility index (Phi) is 6.68. The third-order valence-electron chi connectivity index (χ3n) is 5.19. The Morgan fingerprint density at radius 2 is 1.42 bits per heavy atom. The summed E-state index contributed by atoms with van der Waals surface area (Å²) in [6.45, 7) is 5.33. The third-order valence-corrected chi connectivity index (χ3v) is 5.19. The Morgan fingerprint density at radius 1 is 0.806 bits per heavy atom. The summed E-state index contributed by atoms with van der Waals surface area (Å²) in [5.74, 6) is 1.79. The summed E-state index contributed by atoms with van der Waals surface area (Å²) in [5.41, 5.74) is 4.49. The first-order valence-electron chi connectivity index (χ1n) is 10.8. The molecule has 0 bridgehead atoms. The zero-order valence-corrected chi connectivity index (χ0v) is 18.1. The molecule has 4 rings (SSSR count). The van der Waals surface area contributed by atoms with Gasteiger partial charge in [-0.15, -0.1) is 0 Å². The molecule has 1 aliphatic heterocycles. The number of hydrazone groups is 1. The van der Waals surface area contributed by atoms with Gasteiger partial charge in [0, 0.05) is 6.42 Å². The van der Waals surface area contributed by atoms with Crippen LogP contribution in [0.15, 0.2) is 90.0 Å². The van der Waals surface area contributed by atoms with Crippen molar-refractivity contribution < 1.29 is 9.47 Å². The summed E-state index contributed by atoms with van der Waals surface area (Å²) in [7, 11) is 0. The van der Waals surface area contributed by atoms with E-state index in [0.717, 1.165) is 34.9 Å². The monoisotopic (exact) mass is 412 g/mol. The minimum absolute atomic E-state index is 0.151. The zero-order valence-electron chi connectivity index (χ0n) is 18.1. The zero-order chi connectivity index (χ0) is 21.5. The molecule has 0 radical (unpaired) electrons. The fourth-order valence-electron chi connectivity index (χ4n) is 3.70. The summed E-state index contributed by atoms with van der Waals surface area (Å²) >= 11 is 0. The lowest BCUT2D eigenvalue weighted by atomic mass is 10.0. The van der Waals surface area contributed by atoms with Crippen LogP contribution in [0.2, 0.25) is 0 Å². The highest BCUT2D eigenvalue weighted by Gasteiger charge is 2.28. The molecule has 0 spiro atoms. The molecular formula is C27H28N2O2. The lowest BCUT2D eigenvalue weighted by molar-refractivity contribution is 0.340. The standard InChI is InChI=1S/C27H28N2O2/c1-3-30-25-16-11-21(12-17-25)10-15-23-20-27(22-13-18-26(19-14-22)31-4-2)29(28-23)24-8-6-5-7-9-24/h5-19,27H,3-4,20H2,1-2H3/b15-10+/t27-/m1/s1. The first-order valence-corrected chi connectivity index (χ1v) is 10.8. The fourth-order valence-corrected chi connectivity index (χ4v) is 3.70. The van der Waals surface area contributed by atoms with E-state index in [2.05, 4.69) is 53.6 Å². The van der Waals surface area contributed by atoms with Crippen LogP contribution in [0.25, 0.3) is 6.08 Å². The molecule has 0 fully saturated rings. The highest BCUT2D eigenvalue weighted by molar-refractivity contribution is 6.01. The number of hydrogen-bond donors (Lipinski definition) is 0. The maximum Gasteiger partial charge on any atom is 0.119 e. The van der Waals surface area contributed by atoms with Gasteiger partial charge in [0.1, 0.15) is 11.5 Å². The molecule has 0 aromatic heterocycles. The lowest BCUT2D eigenvalue weighted by Crippen LogP contribution is -2.18. The largest absolute Gasteiger partial charge is 0.494 e. The van der Waals surface area contributed by atoms with Crippen molar-refractivity contribution >= 4 is 17.5 Å². The van der Waals surface area contributed by atoms with Gasteiger partial charge in [0.05, 0.1) is 30.7 Å². The van der Waals surface area contributed by atoms with Gasteiger partial charge in [0.25, 0.3) is 0 Å². The van der Waals surface area contributed by atoms with Crippen molar-refractivity contribution in [1.82, 2.24) is 0 Å². The van der Waals surface area contributed by atoms with Crippen molar-refractivity contribution in [2.45, 2.75) is 26.3 Å². The number of rotatable bonds is 8. The second-order valence-electron chi connectivity index (χ2n) is 7.33. The number of hydrogen-bond acceptors (Lipinski definition) is 4. The van der Waals surface area contributed by atoms with Gasteiger partial charge < -0.3 is 9.47 Å². The molecular weight excluding hydrogens is 384 g/mol. The second kappa shape index (κ2) is 9.98. The van der Waals surface area contributed by atoms with E-state index in [9.17, 15) is 0 Å². The van der Waals surface area contributed by atoms with Gasteiger partial charge in [-0.3, -0.25) is 5.01 Å². The lowest BCUT2D eigenvalue weighted by Gasteiger charge is -2.24. The fraction of sp³-hybridized carbons (Fsp3) is 0.222. The quantitative estimate of drug-likeness (QED) is 0.423. The molecule has 1 aliphatic rings. The Balaban J connectivity index is 1.56. The molecule has 0 saturated carbocycles. The number of anilines is 1. The van der Waals surface area contributed by atoms with Crippen LogP contribution >= 0.6 is 0 Å². The molecule has 0 unspecified atom stereocenters. The number of para-hydroxylation sites is 1. The normalized spacial score (nSPS) is 15.9. The van der Waals surface area contributed by atoms with Crippen molar-refractivity contribution in [1.29, 1.82) is 0 Å². The van der Waals surface area contributed by atoms with E-state index < -0.39 is 0 Å². The molecule has 3 aromatic carbocycles. The van der Waals surface area contributed by atoms with Gasteiger partial charge in [-0.1, -0.05) is 48.5 Å². The SMILES string of the molecule is CCOc1ccc(/C=C/C2=NN(c3ccccc3)[C@@H](c3ccc(OCC)cc3)C2)cc1. The topological polar surface area (TPSA) is 34.1 Å². The maximum absolute atomic E-state index is 5.60. The minimum atomic E-state index is 0.151. The van der Waals surface area contributed by atoms with E-state index in [1.54, 1.807) is 0 Å². The molecule has 3 aromatic rings. The minimum Gasteiger partial charge on any atom is -0.494 e. The smallest absolute Gasteiger partial charge is 0.119 e. The van der Waals surface area contributed by atoms with Crippen molar-refractivity contribution in [2.24, 2.45) is 5.10 Å². The first kappa shape index (κ1) is 20.7. The molecule has 1 atom stereocenters. The number of allylic oxidation sites excluding steroid dienone is 1. The molecule has 0 aliphatic carbocycles. The van der Waals surface area contributed by atoms with Crippen LogP contribution in [0.1, 0.15) is 37.4 Å². The van der Waals surface area contributed by atoms with Gasteiger partial charge >= 0.3 is 0 Å². The second-order valence-corrected chi connectivity index (χ2v) is 7.33. The summed E-state index contributed by atoms with van der Waals surface area (Å²) in [4.78, 5) is 0. The first-order chi connectivity index (χ1) is 15.3. The maximum atomic E-state index is 5.60. The highest BCUT2D eigenvalue weighted by atomic mass is 16.5. The van der Waals surface area contributed by atoms with Crippen LogP contribution in [0.3, 0.4) is 0 Å². The van der Waals surface area contributed by atoms with Gasteiger partial charge in [-0.05, 0) is 67.4 Å². The molecule has 0 amide bonds. The third kappa shape index (κ3) is 5.15. The van der Waals surface area contributed by atoms with Crippen molar-refractivity contribution in [2.75, 3.05) is 18.2 Å². The number of benzene rings is 3. The van der Waals surface area contributed by atoms with Crippen LogP contribution < -0.4 is 14.5 Å². The summed E-state index contributed by atoms with van der Waals surface area (Å²) in [6, 6.07) is 27.0. The molecule has 31 heavy (non-hydrogen) atoms. The van der Waals surface area contributed by atoms with Crippen LogP contribution in [0, 0.1) is 0 Å². The van der Waals surface area contributed by atoms with Crippen molar-refractivity contribution in [3.63, 3.8) is 0 Å². The van der Waals surface area contributed by atoms with Crippen LogP contribution in [-0.4, -0.2) is 18.9 Å². The van der Waals surface area contributed by atoms with E-state index in [-0.39, 0.29) is 6.04 Å². The average Bonchev–Trinajstić information content (AvgIpc) is 3.24. The van der Waals surface area contributed by atoms with Gasteiger partial charge in [0.2, 0.25) is 0 Å². The predicted octanol–water partition coefficient (Wildman–Crippen LogP) is 6.50. The number of nitrogens with zero attached hydrogens (tertiary/aromatic N) is 2. The number of ether oxygens (including phenoxy) is 2. The Morgan fingerprint density at radius 3 is 2.03 bits per heavy atom. The molecule has 158 valence electrons. The van der Waals surface area contributed by atoms with E-state index in [1.807, 2.05) is 56.3 Å². The Bertz CT molecular complexity index is 1030. The van der Waals surface area contributed by atoms with E-state index in [4.69, 9.17) is 14.6 Å². The van der Waals surface area contributed by atoms with Crippen LogP contribution in [-0.2, 0) is 0 Å². The van der Waals surface area contributed by atoms with E-state index in [0.29, 0.717) is 13.2 Å². The van der Waals surface area contributed by atoms with Crippen LogP contribution in [0.5, 0.6) is 11.5 Å². The Hall–Kier alpha value is -3.53. The predicted molar refractivity (Wildman–Crippen MR) is 128 cm³/mol. The van der Waals surface area contributed by atoms with Crippen molar-refractivity contribution in [3.8, 4) is 11.5 Å². The molecule has 4 heteroatoms. The summed E-state index contributed by atoms with van der Waals surface area (Å²) in [6.07, 6.45) is 5.06. The molecule has 1 heterocycles. The highest BCUT2D eigenvalue weighted by Crippen LogP contribution is 2.36.